The summed E-state index contributed by atoms with van der Waals surface area (Å²) in [5.41, 5.74) is 0.754. The van der Waals surface area contributed by atoms with Gasteiger partial charge in [-0.2, -0.15) is 13.2 Å². The zero-order valence-corrected chi connectivity index (χ0v) is 8.67. The van der Waals surface area contributed by atoms with E-state index in [4.69, 9.17) is 0 Å². The molecule has 0 aliphatic carbocycles. The minimum absolute atomic E-state index is 0.206. The normalized spacial score (nSPS) is 13.9. The number of aromatic nitrogens is 2. The summed E-state index contributed by atoms with van der Waals surface area (Å²) in [4.78, 5) is 6.63. The van der Waals surface area contributed by atoms with E-state index in [2.05, 4.69) is 9.97 Å². The summed E-state index contributed by atoms with van der Waals surface area (Å²) in [5.74, 6) is -0.868. The van der Waals surface area contributed by atoms with Gasteiger partial charge in [0, 0.05) is 12.4 Å². The highest BCUT2D eigenvalue weighted by Crippen LogP contribution is 2.26. The molecular formula is C10H13F3N2. The van der Waals surface area contributed by atoms with Gasteiger partial charge in [0.05, 0.1) is 0 Å². The molecule has 0 saturated heterocycles. The fourth-order valence-electron chi connectivity index (χ4n) is 1.34. The van der Waals surface area contributed by atoms with Gasteiger partial charge in [0.1, 0.15) is 0 Å². The lowest BCUT2D eigenvalue weighted by molar-refractivity contribution is -0.145. The average molecular weight is 218 g/mol. The first-order valence-corrected chi connectivity index (χ1v) is 4.84. The van der Waals surface area contributed by atoms with E-state index in [1.807, 2.05) is 13.8 Å². The molecule has 0 aromatic carbocycles. The Hall–Kier alpha value is -1.13. The first kappa shape index (κ1) is 11.9. The Labute approximate surface area is 86.6 Å². The van der Waals surface area contributed by atoms with Crippen molar-refractivity contribution in [1.29, 1.82) is 0 Å². The maximum absolute atomic E-state index is 12.1. The molecule has 0 N–H and O–H groups in total. The summed E-state index contributed by atoms with van der Waals surface area (Å²) in [6, 6.07) is 0. The third-order valence-electron chi connectivity index (χ3n) is 2.22. The number of halogens is 3. The summed E-state index contributed by atoms with van der Waals surface area (Å²) < 4.78 is 36.4. The van der Waals surface area contributed by atoms with Crippen LogP contribution in [0.25, 0.3) is 0 Å². The van der Waals surface area contributed by atoms with Crippen LogP contribution in [0.4, 0.5) is 13.2 Å². The van der Waals surface area contributed by atoms with Gasteiger partial charge in [0.25, 0.3) is 0 Å². The molecule has 1 aromatic rings. The molecule has 0 fully saturated rings. The monoisotopic (exact) mass is 218 g/mol. The lowest BCUT2D eigenvalue weighted by atomic mass is 10.00. The van der Waals surface area contributed by atoms with E-state index >= 15 is 0 Å². The summed E-state index contributed by atoms with van der Waals surface area (Å²) in [6.07, 6.45) is -0.0181. The van der Waals surface area contributed by atoms with Crippen molar-refractivity contribution in [2.75, 3.05) is 0 Å². The first-order chi connectivity index (χ1) is 6.95. The smallest absolute Gasteiger partial charge is 0.233 e. The van der Waals surface area contributed by atoms with Gasteiger partial charge >= 0.3 is 6.18 Å². The fraction of sp³-hybridized carbons (Fsp3) is 0.600. The van der Waals surface area contributed by atoms with Gasteiger partial charge in [-0.05, 0) is 17.9 Å². The Balaban J connectivity index is 2.81. The second kappa shape index (κ2) is 4.59. The second-order valence-electron chi connectivity index (χ2n) is 3.53. The van der Waals surface area contributed by atoms with Crippen molar-refractivity contribution in [2.24, 2.45) is 0 Å². The van der Waals surface area contributed by atoms with Crippen LogP contribution in [0.15, 0.2) is 12.4 Å². The maximum Gasteiger partial charge on any atom is 0.451 e. The number of hydrogen-bond donors (Lipinski definition) is 0. The van der Waals surface area contributed by atoms with Crippen molar-refractivity contribution in [3.8, 4) is 0 Å². The molecule has 0 radical (unpaired) electrons. The van der Waals surface area contributed by atoms with Crippen LogP contribution < -0.4 is 0 Å². The van der Waals surface area contributed by atoms with E-state index in [9.17, 15) is 13.2 Å². The van der Waals surface area contributed by atoms with Crippen LogP contribution in [-0.2, 0) is 6.18 Å². The molecule has 15 heavy (non-hydrogen) atoms. The average Bonchev–Trinajstić information content (AvgIpc) is 2.17. The third kappa shape index (κ3) is 3.18. The van der Waals surface area contributed by atoms with Crippen LogP contribution in [0.2, 0.25) is 0 Å². The van der Waals surface area contributed by atoms with Gasteiger partial charge in [-0.25, -0.2) is 9.97 Å². The molecule has 0 aliphatic heterocycles. The molecule has 1 rings (SSSR count). The Kier molecular flexibility index (Phi) is 3.66. The topological polar surface area (TPSA) is 25.8 Å². The minimum Gasteiger partial charge on any atom is -0.233 e. The van der Waals surface area contributed by atoms with Crippen LogP contribution in [0, 0.1) is 0 Å². The van der Waals surface area contributed by atoms with Gasteiger partial charge in [0.2, 0.25) is 5.82 Å². The van der Waals surface area contributed by atoms with E-state index in [-0.39, 0.29) is 5.92 Å². The standard InChI is InChI=1S/C10H13F3N2/c1-3-4-7(2)8-5-14-9(15-6-8)10(11,12)13/h5-7H,3-4H2,1-2H3/t7-/m0/s1. The molecule has 1 aromatic heterocycles. The van der Waals surface area contributed by atoms with Crippen LogP contribution in [0.3, 0.4) is 0 Å². The van der Waals surface area contributed by atoms with Crippen molar-refractivity contribution < 1.29 is 13.2 Å². The van der Waals surface area contributed by atoms with E-state index < -0.39 is 12.0 Å². The predicted octanol–water partition coefficient (Wildman–Crippen LogP) is 3.40. The highest BCUT2D eigenvalue weighted by molar-refractivity contribution is 5.11. The molecule has 0 bridgehead atoms. The fourth-order valence-corrected chi connectivity index (χ4v) is 1.34. The Morgan fingerprint density at radius 3 is 2.20 bits per heavy atom. The molecule has 84 valence electrons. The molecule has 5 heteroatoms. The molecule has 2 nitrogen and oxygen atoms in total. The molecule has 0 unspecified atom stereocenters. The van der Waals surface area contributed by atoms with Gasteiger partial charge in [-0.15, -0.1) is 0 Å². The van der Waals surface area contributed by atoms with Gasteiger partial charge in [-0.3, -0.25) is 0 Å². The molecule has 1 atom stereocenters. The Bertz CT molecular complexity index is 305. The van der Waals surface area contributed by atoms with Crippen LogP contribution in [0.1, 0.15) is 44.0 Å². The van der Waals surface area contributed by atoms with Crippen molar-refractivity contribution >= 4 is 0 Å². The zero-order valence-electron chi connectivity index (χ0n) is 8.67. The lowest BCUT2D eigenvalue weighted by Crippen LogP contribution is -2.11. The van der Waals surface area contributed by atoms with Crippen molar-refractivity contribution in [3.63, 3.8) is 0 Å². The molecule has 0 saturated carbocycles. The van der Waals surface area contributed by atoms with Crippen molar-refractivity contribution in [3.05, 3.63) is 23.8 Å². The van der Waals surface area contributed by atoms with Gasteiger partial charge < -0.3 is 0 Å². The zero-order chi connectivity index (χ0) is 11.5. The highest BCUT2D eigenvalue weighted by Gasteiger charge is 2.34. The SMILES string of the molecule is CCC[C@H](C)c1cnc(C(F)(F)F)nc1. The molecular weight excluding hydrogens is 205 g/mol. The maximum atomic E-state index is 12.1. The summed E-state index contributed by atoms with van der Waals surface area (Å²) in [7, 11) is 0. The third-order valence-corrected chi connectivity index (χ3v) is 2.22. The second-order valence-corrected chi connectivity index (χ2v) is 3.53. The van der Waals surface area contributed by atoms with E-state index in [0.717, 1.165) is 18.4 Å². The number of alkyl halides is 3. The van der Waals surface area contributed by atoms with E-state index in [0.29, 0.717) is 0 Å². The molecule has 1 heterocycles. The van der Waals surface area contributed by atoms with Crippen LogP contribution >= 0.6 is 0 Å². The highest BCUT2D eigenvalue weighted by atomic mass is 19.4. The predicted molar refractivity (Wildman–Crippen MR) is 50.4 cm³/mol. The van der Waals surface area contributed by atoms with Crippen molar-refractivity contribution in [2.45, 2.75) is 38.8 Å². The Morgan fingerprint density at radius 1 is 1.27 bits per heavy atom. The Morgan fingerprint density at radius 2 is 1.80 bits per heavy atom. The summed E-state index contributed by atoms with van der Waals surface area (Å²) >= 11 is 0. The van der Waals surface area contributed by atoms with Crippen LogP contribution in [-0.4, -0.2) is 9.97 Å². The van der Waals surface area contributed by atoms with Gasteiger partial charge in [-0.1, -0.05) is 20.3 Å². The summed E-state index contributed by atoms with van der Waals surface area (Å²) in [5, 5.41) is 0. The van der Waals surface area contributed by atoms with Gasteiger partial charge in [0.15, 0.2) is 0 Å². The molecule has 0 aliphatic rings. The molecule has 0 amide bonds. The minimum atomic E-state index is -4.45. The first-order valence-electron chi connectivity index (χ1n) is 4.84. The van der Waals surface area contributed by atoms with Crippen molar-refractivity contribution in [1.82, 2.24) is 9.97 Å². The molecule has 0 spiro atoms. The van der Waals surface area contributed by atoms with E-state index in [1.165, 1.54) is 12.4 Å². The van der Waals surface area contributed by atoms with E-state index in [1.54, 1.807) is 0 Å². The summed E-state index contributed by atoms with van der Waals surface area (Å²) in [6.45, 7) is 3.98. The number of hydrogen-bond acceptors (Lipinski definition) is 2. The largest absolute Gasteiger partial charge is 0.451 e. The lowest BCUT2D eigenvalue weighted by Gasteiger charge is -2.10. The number of nitrogens with zero attached hydrogens (tertiary/aromatic N) is 2. The quantitative estimate of drug-likeness (QED) is 0.777. The van der Waals surface area contributed by atoms with Crippen LogP contribution in [0.5, 0.6) is 0 Å². The number of rotatable bonds is 3.